The molecular formula is C14H19BrN2O2. The van der Waals surface area contributed by atoms with E-state index in [-0.39, 0.29) is 5.91 Å². The van der Waals surface area contributed by atoms with E-state index in [4.69, 9.17) is 4.74 Å². The zero-order chi connectivity index (χ0) is 13.7. The van der Waals surface area contributed by atoms with E-state index >= 15 is 0 Å². The molecule has 0 saturated carbocycles. The zero-order valence-electron chi connectivity index (χ0n) is 11.1. The maximum atomic E-state index is 11.8. The fourth-order valence-corrected chi connectivity index (χ4v) is 2.60. The summed E-state index contributed by atoms with van der Waals surface area (Å²) >= 11 is 3.31. The highest BCUT2D eigenvalue weighted by atomic mass is 79.9. The number of halogens is 1. The second-order valence-corrected chi connectivity index (χ2v) is 5.30. The van der Waals surface area contributed by atoms with Gasteiger partial charge in [-0.05, 0) is 12.1 Å². The van der Waals surface area contributed by atoms with E-state index in [1.165, 1.54) is 0 Å². The number of methoxy groups -OCH3 is 1. The maximum absolute atomic E-state index is 11.8. The van der Waals surface area contributed by atoms with E-state index in [0.29, 0.717) is 6.42 Å². The van der Waals surface area contributed by atoms with Gasteiger partial charge in [0.1, 0.15) is 5.75 Å². The topological polar surface area (TPSA) is 32.8 Å². The molecule has 4 nitrogen and oxygen atoms in total. The lowest BCUT2D eigenvalue weighted by molar-refractivity contribution is -0.131. The van der Waals surface area contributed by atoms with E-state index in [1.54, 1.807) is 7.11 Å². The highest BCUT2D eigenvalue weighted by molar-refractivity contribution is 9.09. The number of hydrogen-bond acceptors (Lipinski definition) is 3. The van der Waals surface area contributed by atoms with Gasteiger partial charge >= 0.3 is 0 Å². The number of carbonyl (C=O) groups is 1. The van der Waals surface area contributed by atoms with Gasteiger partial charge in [-0.25, -0.2) is 0 Å². The molecule has 1 heterocycles. The van der Waals surface area contributed by atoms with Crippen molar-refractivity contribution >= 4 is 27.5 Å². The summed E-state index contributed by atoms with van der Waals surface area (Å²) in [6, 6.07) is 8.06. The average Bonchev–Trinajstić information content (AvgIpc) is 2.48. The summed E-state index contributed by atoms with van der Waals surface area (Å²) in [5.74, 6) is 1.11. The van der Waals surface area contributed by atoms with Crippen molar-refractivity contribution in [3.05, 3.63) is 24.3 Å². The second kappa shape index (κ2) is 6.80. The van der Waals surface area contributed by atoms with Crippen LogP contribution < -0.4 is 9.64 Å². The number of hydrogen-bond donors (Lipinski definition) is 0. The third-order valence-corrected chi connectivity index (χ3v) is 3.76. The van der Waals surface area contributed by atoms with Crippen LogP contribution in [-0.2, 0) is 4.79 Å². The molecule has 1 saturated heterocycles. The SMILES string of the molecule is COc1cccc(N2CCN(C(=O)CCBr)CC2)c1. The van der Waals surface area contributed by atoms with Gasteiger partial charge < -0.3 is 14.5 Å². The van der Waals surface area contributed by atoms with Crippen LogP contribution in [-0.4, -0.2) is 49.4 Å². The van der Waals surface area contributed by atoms with Crippen molar-refractivity contribution in [3.8, 4) is 5.75 Å². The Kier molecular flexibility index (Phi) is 5.07. The van der Waals surface area contributed by atoms with Gasteiger partial charge in [-0.3, -0.25) is 4.79 Å². The third-order valence-electron chi connectivity index (χ3n) is 3.36. The number of alkyl halides is 1. The Morgan fingerprint density at radius 3 is 2.68 bits per heavy atom. The van der Waals surface area contributed by atoms with Gasteiger partial charge in [-0.15, -0.1) is 0 Å². The molecule has 1 aliphatic heterocycles. The minimum absolute atomic E-state index is 0.238. The summed E-state index contributed by atoms with van der Waals surface area (Å²) in [5.41, 5.74) is 1.16. The van der Waals surface area contributed by atoms with Gasteiger partial charge in [0.25, 0.3) is 0 Å². The van der Waals surface area contributed by atoms with Crippen LogP contribution >= 0.6 is 15.9 Å². The van der Waals surface area contributed by atoms with Gasteiger partial charge in [-0.1, -0.05) is 22.0 Å². The Labute approximate surface area is 122 Å². The standard InChI is InChI=1S/C14H19BrN2O2/c1-19-13-4-2-3-12(11-13)16-7-9-17(10-8-16)14(18)5-6-15/h2-4,11H,5-10H2,1H3. The van der Waals surface area contributed by atoms with Crippen molar-refractivity contribution < 1.29 is 9.53 Å². The van der Waals surface area contributed by atoms with Gasteiger partial charge in [0, 0.05) is 49.7 Å². The highest BCUT2D eigenvalue weighted by Gasteiger charge is 2.20. The van der Waals surface area contributed by atoms with Crippen LogP contribution in [0.4, 0.5) is 5.69 Å². The van der Waals surface area contributed by atoms with Crippen molar-refractivity contribution in [1.29, 1.82) is 0 Å². The molecule has 1 fully saturated rings. The molecule has 0 unspecified atom stereocenters. The van der Waals surface area contributed by atoms with Crippen LogP contribution in [0.15, 0.2) is 24.3 Å². The van der Waals surface area contributed by atoms with Gasteiger partial charge in [0.05, 0.1) is 7.11 Å². The number of benzene rings is 1. The molecule has 19 heavy (non-hydrogen) atoms. The van der Waals surface area contributed by atoms with Crippen molar-refractivity contribution in [2.75, 3.05) is 43.5 Å². The molecule has 1 amide bonds. The van der Waals surface area contributed by atoms with Crippen molar-refractivity contribution in [3.63, 3.8) is 0 Å². The fourth-order valence-electron chi connectivity index (χ4n) is 2.26. The smallest absolute Gasteiger partial charge is 0.223 e. The van der Waals surface area contributed by atoms with Crippen LogP contribution in [0, 0.1) is 0 Å². The summed E-state index contributed by atoms with van der Waals surface area (Å²) in [6.07, 6.45) is 0.582. The fraction of sp³-hybridized carbons (Fsp3) is 0.500. The van der Waals surface area contributed by atoms with Crippen LogP contribution in [0.3, 0.4) is 0 Å². The predicted octanol–water partition coefficient (Wildman–Crippen LogP) is 2.13. The molecule has 104 valence electrons. The Morgan fingerprint density at radius 2 is 2.05 bits per heavy atom. The zero-order valence-corrected chi connectivity index (χ0v) is 12.7. The van der Waals surface area contributed by atoms with E-state index in [2.05, 4.69) is 26.9 Å². The quantitative estimate of drug-likeness (QED) is 0.795. The average molecular weight is 327 g/mol. The summed E-state index contributed by atoms with van der Waals surface area (Å²) in [7, 11) is 1.68. The molecule has 0 radical (unpaired) electrons. The molecule has 5 heteroatoms. The maximum Gasteiger partial charge on any atom is 0.223 e. The Hall–Kier alpha value is -1.23. The molecule has 1 aromatic rings. The first kappa shape index (κ1) is 14.2. The van der Waals surface area contributed by atoms with Gasteiger partial charge in [0.2, 0.25) is 5.91 Å². The molecule has 0 N–H and O–H groups in total. The van der Waals surface area contributed by atoms with Crippen LogP contribution in [0.5, 0.6) is 5.75 Å². The number of ether oxygens (including phenoxy) is 1. The van der Waals surface area contributed by atoms with Gasteiger partial charge in [-0.2, -0.15) is 0 Å². The number of anilines is 1. The Bertz CT molecular complexity index is 431. The molecule has 0 atom stereocenters. The molecule has 0 spiro atoms. The van der Waals surface area contributed by atoms with E-state index in [9.17, 15) is 4.79 Å². The first-order valence-corrected chi connectivity index (χ1v) is 7.59. The Morgan fingerprint density at radius 1 is 1.32 bits per heavy atom. The molecule has 0 bridgehead atoms. The molecule has 1 aromatic carbocycles. The summed E-state index contributed by atoms with van der Waals surface area (Å²) in [5, 5.41) is 0.738. The minimum atomic E-state index is 0.238. The monoisotopic (exact) mass is 326 g/mol. The summed E-state index contributed by atoms with van der Waals surface area (Å²) < 4.78 is 5.24. The van der Waals surface area contributed by atoms with E-state index in [1.807, 2.05) is 23.1 Å². The van der Waals surface area contributed by atoms with Crippen LogP contribution in [0.2, 0.25) is 0 Å². The second-order valence-electron chi connectivity index (χ2n) is 4.51. The van der Waals surface area contributed by atoms with Crippen molar-refractivity contribution in [2.45, 2.75) is 6.42 Å². The van der Waals surface area contributed by atoms with Crippen LogP contribution in [0.25, 0.3) is 0 Å². The number of nitrogens with zero attached hydrogens (tertiary/aromatic N) is 2. The molecule has 1 aliphatic rings. The largest absolute Gasteiger partial charge is 0.497 e. The Balaban J connectivity index is 1.94. The van der Waals surface area contributed by atoms with E-state index in [0.717, 1.165) is 42.9 Å². The van der Waals surface area contributed by atoms with Crippen molar-refractivity contribution in [1.82, 2.24) is 4.90 Å². The first-order chi connectivity index (χ1) is 9.24. The first-order valence-electron chi connectivity index (χ1n) is 6.47. The lowest BCUT2D eigenvalue weighted by atomic mass is 10.2. The molecule has 0 aromatic heterocycles. The van der Waals surface area contributed by atoms with Gasteiger partial charge in [0.15, 0.2) is 0 Å². The van der Waals surface area contributed by atoms with Crippen LogP contribution in [0.1, 0.15) is 6.42 Å². The van der Waals surface area contributed by atoms with E-state index < -0.39 is 0 Å². The minimum Gasteiger partial charge on any atom is -0.497 e. The lowest BCUT2D eigenvalue weighted by Crippen LogP contribution is -2.48. The summed E-state index contributed by atoms with van der Waals surface area (Å²) in [4.78, 5) is 16.0. The predicted molar refractivity (Wildman–Crippen MR) is 80.2 cm³/mol. The lowest BCUT2D eigenvalue weighted by Gasteiger charge is -2.36. The number of piperazine rings is 1. The highest BCUT2D eigenvalue weighted by Crippen LogP contribution is 2.22. The number of amides is 1. The number of rotatable bonds is 4. The van der Waals surface area contributed by atoms with Crippen molar-refractivity contribution in [2.24, 2.45) is 0 Å². The molecule has 2 rings (SSSR count). The normalized spacial score (nSPS) is 15.5. The summed E-state index contributed by atoms with van der Waals surface area (Å²) in [6.45, 7) is 3.34. The number of carbonyl (C=O) groups excluding carboxylic acids is 1. The molecule has 0 aliphatic carbocycles. The molecular weight excluding hydrogens is 308 g/mol. The third kappa shape index (κ3) is 3.62.